The first-order valence-electron chi connectivity index (χ1n) is 10.8. The zero-order valence-electron chi connectivity index (χ0n) is 18.6. The molecule has 0 unspecified atom stereocenters. The number of nitrogens with zero attached hydrogens (tertiary/aromatic N) is 6. The molecule has 36 heavy (non-hydrogen) atoms. The lowest BCUT2D eigenvalue weighted by Gasteiger charge is -2.35. The molecule has 12 nitrogen and oxygen atoms in total. The van der Waals surface area contributed by atoms with Crippen LogP contribution in [0.5, 0.6) is 11.5 Å². The fraction of sp³-hybridized carbons (Fsp3) is 0.130. The number of aliphatic hydroxyl groups is 1. The highest BCUT2D eigenvalue weighted by molar-refractivity contribution is 6.02. The molecule has 3 aromatic heterocycles. The lowest BCUT2D eigenvalue weighted by atomic mass is 10.2. The number of halogens is 1. The summed E-state index contributed by atoms with van der Waals surface area (Å²) in [6.07, 6.45) is 5.50. The van der Waals surface area contributed by atoms with Gasteiger partial charge < -0.3 is 20.1 Å². The van der Waals surface area contributed by atoms with Gasteiger partial charge in [-0.15, -0.1) is 5.10 Å². The number of aromatic nitrogens is 5. The molecule has 182 valence electrons. The van der Waals surface area contributed by atoms with Crippen molar-refractivity contribution in [1.82, 2.24) is 29.9 Å². The molecule has 1 saturated heterocycles. The average Bonchev–Trinajstić information content (AvgIpc) is 3.35. The minimum absolute atomic E-state index is 0.0405. The van der Waals surface area contributed by atoms with E-state index in [0.717, 1.165) is 6.07 Å². The summed E-state index contributed by atoms with van der Waals surface area (Å²) >= 11 is 0. The smallest absolute Gasteiger partial charge is 0.323 e. The van der Waals surface area contributed by atoms with E-state index in [1.165, 1.54) is 46.2 Å². The van der Waals surface area contributed by atoms with Gasteiger partial charge in [0.15, 0.2) is 17.3 Å². The van der Waals surface area contributed by atoms with Crippen LogP contribution in [-0.2, 0) is 0 Å². The molecule has 0 atom stereocenters. The van der Waals surface area contributed by atoms with Gasteiger partial charge in [0.05, 0.1) is 37.3 Å². The van der Waals surface area contributed by atoms with Crippen molar-refractivity contribution in [2.24, 2.45) is 0 Å². The molecule has 0 saturated carbocycles. The molecule has 13 heteroatoms. The number of hydrogen-bond acceptors (Lipinski definition) is 8. The molecular formula is C23H19FN8O4. The largest absolute Gasteiger partial charge is 0.454 e. The van der Waals surface area contributed by atoms with Crippen LogP contribution >= 0.6 is 0 Å². The van der Waals surface area contributed by atoms with Gasteiger partial charge in [0.25, 0.3) is 5.91 Å². The van der Waals surface area contributed by atoms with E-state index in [1.54, 1.807) is 24.5 Å². The Morgan fingerprint density at radius 3 is 2.72 bits per heavy atom. The Hall–Kier alpha value is -4.91. The number of likely N-dealkylation sites (tertiary alicyclic amines) is 1. The number of amides is 3. The number of anilines is 2. The normalized spacial score (nSPS) is 13.1. The number of hydrogen-bond donors (Lipinski definition) is 3. The van der Waals surface area contributed by atoms with E-state index < -0.39 is 23.9 Å². The molecule has 5 rings (SSSR count). The number of urea groups is 1. The van der Waals surface area contributed by atoms with Gasteiger partial charge in [-0.2, -0.15) is 0 Å². The first-order chi connectivity index (χ1) is 17.4. The molecule has 3 N–H and O–H groups in total. The Balaban J connectivity index is 1.22. The van der Waals surface area contributed by atoms with Crippen LogP contribution in [0.15, 0.2) is 67.3 Å². The molecule has 0 radical (unpaired) electrons. The fourth-order valence-corrected chi connectivity index (χ4v) is 3.32. The number of nitrogens with one attached hydrogen (secondary N) is 2. The summed E-state index contributed by atoms with van der Waals surface area (Å²) in [6.45, 7) is 0.498. The van der Waals surface area contributed by atoms with Crippen molar-refractivity contribution in [2.75, 3.05) is 23.7 Å². The van der Waals surface area contributed by atoms with Crippen molar-refractivity contribution in [3.05, 3.63) is 78.8 Å². The number of rotatable bonds is 6. The maximum atomic E-state index is 14.7. The van der Waals surface area contributed by atoms with Gasteiger partial charge in [-0.3, -0.25) is 15.1 Å². The third-order valence-electron chi connectivity index (χ3n) is 5.17. The van der Waals surface area contributed by atoms with Gasteiger partial charge in [-0.05, 0) is 30.3 Å². The van der Waals surface area contributed by atoms with Gasteiger partial charge in [-0.1, -0.05) is 5.21 Å². The predicted molar refractivity (Wildman–Crippen MR) is 124 cm³/mol. The van der Waals surface area contributed by atoms with Crippen LogP contribution in [0, 0.1) is 5.82 Å². The van der Waals surface area contributed by atoms with Gasteiger partial charge in [0.1, 0.15) is 11.6 Å². The van der Waals surface area contributed by atoms with Crippen LogP contribution in [-0.4, -0.2) is 66.1 Å². The molecular weight excluding hydrogens is 471 g/mol. The van der Waals surface area contributed by atoms with Gasteiger partial charge in [-0.25, -0.2) is 18.9 Å². The molecule has 1 aliphatic heterocycles. The van der Waals surface area contributed by atoms with Crippen LogP contribution in [0.1, 0.15) is 10.5 Å². The molecule has 1 aliphatic rings. The zero-order chi connectivity index (χ0) is 25.1. The van der Waals surface area contributed by atoms with E-state index in [0.29, 0.717) is 5.69 Å². The zero-order valence-corrected chi connectivity index (χ0v) is 18.6. The Labute approximate surface area is 203 Å². The summed E-state index contributed by atoms with van der Waals surface area (Å²) in [4.78, 5) is 34.0. The van der Waals surface area contributed by atoms with Crippen molar-refractivity contribution in [1.29, 1.82) is 0 Å². The second-order valence-corrected chi connectivity index (χ2v) is 7.83. The number of benzene rings is 1. The molecule has 3 amide bonds. The van der Waals surface area contributed by atoms with Crippen LogP contribution in [0.2, 0.25) is 0 Å². The predicted octanol–water partition coefficient (Wildman–Crippen LogP) is 2.45. The number of aliphatic hydroxyl groups excluding tert-OH is 1. The lowest BCUT2D eigenvalue weighted by Crippen LogP contribution is -2.54. The third kappa shape index (κ3) is 5.10. The molecule has 0 aliphatic carbocycles. The van der Waals surface area contributed by atoms with Gasteiger partial charge >= 0.3 is 6.03 Å². The van der Waals surface area contributed by atoms with Crippen molar-refractivity contribution in [3.8, 4) is 17.2 Å². The summed E-state index contributed by atoms with van der Waals surface area (Å²) in [7, 11) is 0. The number of carbonyl (C=O) groups is 2. The standard InChI is InChI=1S/C23H19FN8O4/c24-18-8-14(27-22(34)19-13-32(30-29-19)15-2-1-6-25-10-15)3-4-20(18)36-17-5-7-26-21(9-17)28-23(35)31-11-16(33)12-31/h1-10,13,16,33H,11-12H2,(H,27,34)(H,26,28,35). The van der Waals surface area contributed by atoms with Crippen LogP contribution in [0.3, 0.4) is 0 Å². The van der Waals surface area contributed by atoms with Crippen molar-refractivity contribution < 1.29 is 23.8 Å². The molecule has 0 spiro atoms. The summed E-state index contributed by atoms with van der Waals surface area (Å²) in [5.74, 6) is -0.926. The fourth-order valence-electron chi connectivity index (χ4n) is 3.32. The highest BCUT2D eigenvalue weighted by atomic mass is 19.1. The summed E-state index contributed by atoms with van der Waals surface area (Å²) in [5, 5.41) is 22.2. The molecule has 1 aromatic carbocycles. The van der Waals surface area contributed by atoms with E-state index in [2.05, 4.69) is 30.9 Å². The summed E-state index contributed by atoms with van der Waals surface area (Å²) in [6, 6.07) is 9.96. The quantitative estimate of drug-likeness (QED) is 0.373. The minimum Gasteiger partial charge on any atom is -0.454 e. The summed E-state index contributed by atoms with van der Waals surface area (Å²) in [5.41, 5.74) is 0.869. The van der Waals surface area contributed by atoms with Gasteiger partial charge in [0.2, 0.25) is 0 Å². The highest BCUT2D eigenvalue weighted by Gasteiger charge is 2.29. The second kappa shape index (κ2) is 9.76. The Morgan fingerprint density at radius 2 is 1.97 bits per heavy atom. The monoisotopic (exact) mass is 490 g/mol. The Kier molecular flexibility index (Phi) is 6.19. The van der Waals surface area contributed by atoms with E-state index >= 15 is 0 Å². The molecule has 4 aromatic rings. The lowest BCUT2D eigenvalue weighted by molar-refractivity contribution is 0.0308. The SMILES string of the molecule is O=C(Nc1ccc(Oc2ccnc(NC(=O)N3CC(O)C3)c2)c(F)c1)c1cn(-c2cccnc2)nn1. The van der Waals surface area contributed by atoms with Crippen LogP contribution in [0.4, 0.5) is 20.7 Å². The number of β-amino-alcohol motifs (C(OH)–C–C–N with tert-alkyl or cyclic N) is 1. The Bertz CT molecular complexity index is 1410. The highest BCUT2D eigenvalue weighted by Crippen LogP contribution is 2.28. The third-order valence-corrected chi connectivity index (χ3v) is 5.17. The summed E-state index contributed by atoms with van der Waals surface area (Å²) < 4.78 is 21.7. The molecule has 1 fully saturated rings. The second-order valence-electron chi connectivity index (χ2n) is 7.83. The minimum atomic E-state index is -0.719. The van der Waals surface area contributed by atoms with Crippen molar-refractivity contribution in [3.63, 3.8) is 0 Å². The maximum Gasteiger partial charge on any atom is 0.323 e. The number of ether oxygens (including phenoxy) is 1. The first-order valence-corrected chi connectivity index (χ1v) is 10.8. The van der Waals surface area contributed by atoms with E-state index in [9.17, 15) is 19.1 Å². The van der Waals surface area contributed by atoms with E-state index in [1.807, 2.05) is 0 Å². The van der Waals surface area contributed by atoms with Crippen LogP contribution in [0.25, 0.3) is 5.69 Å². The van der Waals surface area contributed by atoms with Gasteiger partial charge in [0, 0.05) is 30.2 Å². The maximum absolute atomic E-state index is 14.7. The van der Waals surface area contributed by atoms with E-state index in [-0.39, 0.29) is 41.8 Å². The number of pyridine rings is 2. The average molecular weight is 490 g/mol. The molecule has 0 bridgehead atoms. The van der Waals surface area contributed by atoms with Crippen molar-refractivity contribution >= 4 is 23.4 Å². The van der Waals surface area contributed by atoms with E-state index in [4.69, 9.17) is 4.74 Å². The first kappa shape index (κ1) is 22.9. The van der Waals surface area contributed by atoms with Crippen molar-refractivity contribution in [2.45, 2.75) is 6.10 Å². The van der Waals surface area contributed by atoms with Crippen LogP contribution < -0.4 is 15.4 Å². The topological polar surface area (TPSA) is 147 Å². The number of carbonyl (C=O) groups excluding carboxylic acids is 2. The Morgan fingerprint density at radius 1 is 1.11 bits per heavy atom. The molecule has 4 heterocycles.